The van der Waals surface area contributed by atoms with Crippen LogP contribution in [0.5, 0.6) is 0 Å². The number of urea groups is 1. The van der Waals surface area contributed by atoms with Crippen molar-refractivity contribution in [2.75, 3.05) is 13.7 Å². The summed E-state index contributed by atoms with van der Waals surface area (Å²) < 4.78 is 61.2. The highest BCUT2D eigenvalue weighted by Crippen LogP contribution is 2.35. The van der Waals surface area contributed by atoms with Gasteiger partial charge in [0.25, 0.3) is 0 Å². The van der Waals surface area contributed by atoms with E-state index < -0.39 is 23.7 Å². The van der Waals surface area contributed by atoms with E-state index in [-0.39, 0.29) is 65.8 Å². The number of rotatable bonds is 4. The Morgan fingerprint density at radius 1 is 1.23 bits per heavy atom. The van der Waals surface area contributed by atoms with E-state index in [1.807, 2.05) is 0 Å². The molecule has 0 spiro atoms. The summed E-state index contributed by atoms with van der Waals surface area (Å²) in [7, 11) is 1.34. The smallest absolute Gasteiger partial charge is 0.435 e. The molecule has 1 saturated carbocycles. The van der Waals surface area contributed by atoms with Gasteiger partial charge in [0.15, 0.2) is 5.69 Å². The summed E-state index contributed by atoms with van der Waals surface area (Å²) in [6.45, 7) is -0.216. The number of benzene rings is 1. The summed E-state index contributed by atoms with van der Waals surface area (Å²) in [5, 5.41) is 6.86. The van der Waals surface area contributed by atoms with Crippen LogP contribution in [0.25, 0.3) is 0 Å². The van der Waals surface area contributed by atoms with Gasteiger partial charge in [-0.15, -0.1) is 0 Å². The van der Waals surface area contributed by atoms with Crippen molar-refractivity contribution in [2.24, 2.45) is 5.92 Å². The van der Waals surface area contributed by atoms with E-state index >= 15 is 0 Å². The molecule has 1 fully saturated rings. The van der Waals surface area contributed by atoms with Gasteiger partial charge < -0.3 is 15.0 Å². The number of hydrogen-bond acceptors (Lipinski definition) is 4. The maximum absolute atomic E-state index is 14.3. The molecular weight excluding hydrogens is 492 g/mol. The largest absolute Gasteiger partial charge is 0.469 e. The number of carbonyl (C=O) groups excluding carboxylic acids is 2. The molecule has 1 aliphatic carbocycles. The van der Waals surface area contributed by atoms with Gasteiger partial charge in [0.05, 0.1) is 31.8 Å². The van der Waals surface area contributed by atoms with Gasteiger partial charge >= 0.3 is 18.2 Å². The third kappa shape index (κ3) is 5.55. The molecule has 0 unspecified atom stereocenters. The molecular formula is C23H25ClF4N4O3. The summed E-state index contributed by atoms with van der Waals surface area (Å²) in [5.74, 6) is -1.10. The number of fused-ring (bicyclic) bond motifs is 1. The first-order chi connectivity index (χ1) is 16.6. The number of aromatic nitrogens is 2. The fraction of sp³-hybridized carbons (Fsp3) is 0.522. The molecule has 0 radical (unpaired) electrons. The number of ether oxygens (including phenoxy) is 1. The molecule has 0 saturated heterocycles. The van der Waals surface area contributed by atoms with E-state index in [4.69, 9.17) is 16.3 Å². The Labute approximate surface area is 204 Å². The van der Waals surface area contributed by atoms with Crippen LogP contribution in [0, 0.1) is 11.7 Å². The Hall–Kier alpha value is -2.82. The lowest BCUT2D eigenvalue weighted by Gasteiger charge is -2.32. The third-order valence-electron chi connectivity index (χ3n) is 6.62. The van der Waals surface area contributed by atoms with E-state index in [0.29, 0.717) is 25.7 Å². The zero-order valence-electron chi connectivity index (χ0n) is 19.0. The van der Waals surface area contributed by atoms with Crippen LogP contribution in [0.4, 0.5) is 22.4 Å². The van der Waals surface area contributed by atoms with Gasteiger partial charge in [-0.05, 0) is 44.2 Å². The Morgan fingerprint density at radius 3 is 2.57 bits per heavy atom. The molecule has 0 atom stereocenters. The number of halogens is 5. The van der Waals surface area contributed by atoms with Crippen molar-refractivity contribution >= 4 is 23.6 Å². The number of amides is 2. The van der Waals surface area contributed by atoms with Crippen molar-refractivity contribution < 1.29 is 31.9 Å². The zero-order valence-corrected chi connectivity index (χ0v) is 19.8. The second kappa shape index (κ2) is 10.0. The Morgan fingerprint density at radius 2 is 1.94 bits per heavy atom. The van der Waals surface area contributed by atoms with Crippen LogP contribution in [-0.2, 0) is 35.2 Å². The molecule has 2 amide bonds. The first kappa shape index (κ1) is 25.3. The van der Waals surface area contributed by atoms with Gasteiger partial charge in [-0.2, -0.15) is 18.3 Å². The van der Waals surface area contributed by atoms with Crippen LogP contribution in [0.1, 0.15) is 48.2 Å². The number of carbonyl (C=O) groups is 2. The quantitative estimate of drug-likeness (QED) is 0.478. The van der Waals surface area contributed by atoms with Crippen molar-refractivity contribution in [1.82, 2.24) is 20.0 Å². The van der Waals surface area contributed by atoms with Gasteiger partial charge in [0, 0.05) is 28.7 Å². The SMILES string of the molecule is COC(=O)[C@H]1CC[C@@H](NC(=O)N2CCc3c(C(F)(F)F)nn(Cc4ccc(Cl)cc4F)c3C2)CC1. The summed E-state index contributed by atoms with van der Waals surface area (Å²) in [6.07, 6.45) is -2.29. The van der Waals surface area contributed by atoms with Crippen LogP contribution in [0.2, 0.25) is 5.02 Å². The number of nitrogens with zero attached hydrogens (tertiary/aromatic N) is 3. The molecule has 2 aliphatic rings. The van der Waals surface area contributed by atoms with Crippen molar-refractivity contribution in [3.8, 4) is 0 Å². The number of esters is 1. The first-order valence-electron chi connectivity index (χ1n) is 11.3. The molecule has 1 aromatic carbocycles. The van der Waals surface area contributed by atoms with Gasteiger partial charge in [-0.3, -0.25) is 9.48 Å². The van der Waals surface area contributed by atoms with Crippen LogP contribution >= 0.6 is 11.6 Å². The Balaban J connectivity index is 1.49. The van der Waals surface area contributed by atoms with Crippen LogP contribution in [0.3, 0.4) is 0 Å². The van der Waals surface area contributed by atoms with E-state index in [0.717, 1.165) is 10.7 Å². The molecule has 0 bridgehead atoms. The molecule has 2 heterocycles. The Kier molecular flexibility index (Phi) is 7.25. The molecule has 7 nitrogen and oxygen atoms in total. The number of nitrogens with one attached hydrogen (secondary N) is 1. The second-order valence-corrected chi connectivity index (χ2v) is 9.29. The lowest BCUT2D eigenvalue weighted by molar-refractivity contribution is -0.146. The lowest BCUT2D eigenvalue weighted by Crippen LogP contribution is -2.48. The third-order valence-corrected chi connectivity index (χ3v) is 6.85. The highest BCUT2D eigenvalue weighted by molar-refractivity contribution is 6.30. The van der Waals surface area contributed by atoms with E-state index in [1.54, 1.807) is 0 Å². The average molecular weight is 517 g/mol. The topological polar surface area (TPSA) is 76.5 Å². The van der Waals surface area contributed by atoms with Gasteiger partial charge in [0.2, 0.25) is 0 Å². The zero-order chi connectivity index (χ0) is 25.3. The number of methoxy groups -OCH3 is 1. The summed E-state index contributed by atoms with van der Waals surface area (Å²) in [4.78, 5) is 26.0. The van der Waals surface area contributed by atoms with Crippen molar-refractivity contribution in [3.63, 3.8) is 0 Å². The minimum Gasteiger partial charge on any atom is -0.469 e. The minimum atomic E-state index is -4.67. The molecule has 1 aromatic heterocycles. The standard InChI is InChI=1S/C23H25ClF4N4O3/c1-35-21(33)13-3-6-16(7-4-13)29-22(34)31-9-8-17-19(12-31)32(30-20(17)23(26,27)28)11-14-2-5-15(24)10-18(14)25/h2,5,10,13,16H,3-4,6-9,11-12H2,1H3,(H,29,34)/t13-,16+. The van der Waals surface area contributed by atoms with Crippen molar-refractivity contribution in [2.45, 2.75) is 57.4 Å². The van der Waals surface area contributed by atoms with Crippen LogP contribution in [0.15, 0.2) is 18.2 Å². The van der Waals surface area contributed by atoms with Crippen molar-refractivity contribution in [1.29, 1.82) is 0 Å². The highest BCUT2D eigenvalue weighted by Gasteiger charge is 2.41. The fourth-order valence-corrected chi connectivity index (χ4v) is 4.89. The molecule has 12 heteroatoms. The Bertz CT molecular complexity index is 1110. The lowest BCUT2D eigenvalue weighted by atomic mass is 9.86. The second-order valence-electron chi connectivity index (χ2n) is 8.86. The summed E-state index contributed by atoms with van der Waals surface area (Å²) in [5.41, 5.74) is -0.627. The van der Waals surface area contributed by atoms with E-state index in [1.165, 1.54) is 24.1 Å². The average Bonchev–Trinajstić information content (AvgIpc) is 3.19. The molecule has 1 N–H and O–H groups in total. The van der Waals surface area contributed by atoms with Crippen LogP contribution in [-0.4, -0.2) is 46.4 Å². The predicted octanol–water partition coefficient (Wildman–Crippen LogP) is 4.54. The molecule has 190 valence electrons. The molecule has 1 aliphatic heterocycles. The van der Waals surface area contributed by atoms with Gasteiger partial charge in [0.1, 0.15) is 5.82 Å². The summed E-state index contributed by atoms with van der Waals surface area (Å²) in [6, 6.07) is 3.41. The summed E-state index contributed by atoms with van der Waals surface area (Å²) >= 11 is 5.78. The van der Waals surface area contributed by atoms with Crippen molar-refractivity contribution in [3.05, 3.63) is 51.6 Å². The van der Waals surface area contributed by atoms with E-state index in [2.05, 4.69) is 10.4 Å². The van der Waals surface area contributed by atoms with Gasteiger partial charge in [-0.25, -0.2) is 9.18 Å². The normalized spacial score (nSPS) is 20.3. The number of alkyl halides is 3. The highest BCUT2D eigenvalue weighted by atomic mass is 35.5. The fourth-order valence-electron chi connectivity index (χ4n) is 4.73. The number of hydrogen-bond donors (Lipinski definition) is 1. The minimum absolute atomic E-state index is 0.0181. The first-order valence-corrected chi connectivity index (χ1v) is 11.7. The molecule has 35 heavy (non-hydrogen) atoms. The van der Waals surface area contributed by atoms with Gasteiger partial charge in [-0.1, -0.05) is 17.7 Å². The monoisotopic (exact) mass is 516 g/mol. The molecule has 4 rings (SSSR count). The van der Waals surface area contributed by atoms with E-state index in [9.17, 15) is 27.2 Å². The maximum Gasteiger partial charge on any atom is 0.435 e. The maximum atomic E-state index is 14.3. The molecule has 2 aromatic rings. The van der Waals surface area contributed by atoms with Crippen LogP contribution < -0.4 is 5.32 Å². The predicted molar refractivity (Wildman–Crippen MR) is 118 cm³/mol.